The summed E-state index contributed by atoms with van der Waals surface area (Å²) in [6.45, 7) is 5.42. The van der Waals surface area contributed by atoms with Crippen LogP contribution in [0.5, 0.6) is 0 Å². The number of hydrogen-bond donors (Lipinski definition) is 1. The molecule has 0 aliphatic carbocycles. The van der Waals surface area contributed by atoms with E-state index in [1.807, 2.05) is 13.8 Å². The summed E-state index contributed by atoms with van der Waals surface area (Å²) < 4.78 is 6.21. The third-order valence-corrected chi connectivity index (χ3v) is 2.77. The minimum atomic E-state index is -0.584. The lowest BCUT2D eigenvalue weighted by atomic mass is 10.3. The Kier molecular flexibility index (Phi) is 3.20. The molecule has 0 aromatic carbocycles. The van der Waals surface area contributed by atoms with Crippen molar-refractivity contribution >= 4 is 11.7 Å². The number of aryl methyl sites for hydroxylation is 2. The average molecular weight is 261 g/mol. The fraction of sp³-hybridized carbons (Fsp3) is 0.333. The van der Waals surface area contributed by atoms with Gasteiger partial charge in [0.25, 0.3) is 0 Å². The number of carbonyl (C=O) groups excluding carboxylic acids is 1. The molecule has 0 spiro atoms. The van der Waals surface area contributed by atoms with Crippen LogP contribution in [0.3, 0.4) is 0 Å². The number of ether oxygens (including phenoxy) is 1. The number of nitrogen functional groups attached to an aromatic ring is 1. The highest BCUT2D eigenvalue weighted by Crippen LogP contribution is 2.18. The Hall–Kier alpha value is -2.44. The zero-order valence-corrected chi connectivity index (χ0v) is 11.3. The average Bonchev–Trinajstić information content (AvgIpc) is 2.65. The highest BCUT2D eigenvalue weighted by Gasteiger charge is 2.15. The van der Waals surface area contributed by atoms with Crippen LogP contribution < -0.4 is 5.73 Å². The molecule has 0 saturated heterocycles. The molecule has 7 nitrogen and oxygen atoms in total. The van der Waals surface area contributed by atoms with Gasteiger partial charge in [-0.1, -0.05) is 0 Å². The van der Waals surface area contributed by atoms with Crippen LogP contribution in [-0.4, -0.2) is 32.8 Å². The van der Waals surface area contributed by atoms with Crippen LogP contribution in [0.15, 0.2) is 6.07 Å². The van der Waals surface area contributed by atoms with E-state index in [-0.39, 0.29) is 5.82 Å². The van der Waals surface area contributed by atoms with Gasteiger partial charge in [-0.15, -0.1) is 0 Å². The van der Waals surface area contributed by atoms with Crippen molar-refractivity contribution in [1.82, 2.24) is 19.7 Å². The van der Waals surface area contributed by atoms with E-state index in [0.29, 0.717) is 22.9 Å². The molecular weight excluding hydrogens is 246 g/mol. The van der Waals surface area contributed by atoms with Gasteiger partial charge in [0.15, 0.2) is 5.82 Å². The van der Waals surface area contributed by atoms with Gasteiger partial charge in [-0.3, -0.25) is 0 Å². The Morgan fingerprint density at radius 3 is 2.53 bits per heavy atom. The molecule has 0 aliphatic heterocycles. The van der Waals surface area contributed by atoms with E-state index in [0.717, 1.165) is 5.69 Å². The molecule has 2 aromatic rings. The van der Waals surface area contributed by atoms with Gasteiger partial charge < -0.3 is 10.5 Å². The lowest BCUT2D eigenvalue weighted by Gasteiger charge is -2.06. The summed E-state index contributed by atoms with van der Waals surface area (Å²) in [5, 5.41) is 4.30. The molecule has 0 fully saturated rings. The van der Waals surface area contributed by atoms with Crippen molar-refractivity contribution in [2.75, 3.05) is 12.8 Å². The number of rotatable bonds is 2. The monoisotopic (exact) mass is 261 g/mol. The van der Waals surface area contributed by atoms with Crippen molar-refractivity contribution in [3.63, 3.8) is 0 Å². The lowest BCUT2D eigenvalue weighted by molar-refractivity contribution is 0.0586. The van der Waals surface area contributed by atoms with E-state index >= 15 is 0 Å². The number of carbonyl (C=O) groups is 1. The second-order valence-corrected chi connectivity index (χ2v) is 4.18. The van der Waals surface area contributed by atoms with Crippen LogP contribution in [0.25, 0.3) is 5.82 Å². The number of anilines is 1. The van der Waals surface area contributed by atoms with E-state index in [1.54, 1.807) is 17.7 Å². The van der Waals surface area contributed by atoms with Gasteiger partial charge in [0.2, 0.25) is 5.82 Å². The molecule has 2 heterocycles. The second kappa shape index (κ2) is 4.68. The summed E-state index contributed by atoms with van der Waals surface area (Å²) >= 11 is 0. The van der Waals surface area contributed by atoms with Gasteiger partial charge >= 0.3 is 5.97 Å². The summed E-state index contributed by atoms with van der Waals surface area (Å²) in [6.07, 6.45) is 0. The summed E-state index contributed by atoms with van der Waals surface area (Å²) in [4.78, 5) is 19.7. The van der Waals surface area contributed by atoms with Crippen molar-refractivity contribution in [2.24, 2.45) is 0 Å². The topological polar surface area (TPSA) is 95.9 Å². The number of hydrogen-bond acceptors (Lipinski definition) is 6. The number of nitrogens with zero attached hydrogens (tertiary/aromatic N) is 4. The molecule has 0 aliphatic rings. The molecule has 2 aromatic heterocycles. The Balaban J connectivity index is 2.59. The number of esters is 1. The molecule has 100 valence electrons. The smallest absolute Gasteiger partial charge is 0.376 e. The zero-order valence-electron chi connectivity index (χ0n) is 11.3. The predicted molar refractivity (Wildman–Crippen MR) is 69.1 cm³/mol. The highest BCUT2D eigenvalue weighted by molar-refractivity contribution is 5.85. The van der Waals surface area contributed by atoms with Crippen LogP contribution in [0.4, 0.5) is 5.69 Å². The maximum Gasteiger partial charge on any atom is 0.376 e. The van der Waals surface area contributed by atoms with E-state index in [2.05, 4.69) is 19.8 Å². The first-order valence-corrected chi connectivity index (χ1v) is 5.70. The summed E-state index contributed by atoms with van der Waals surface area (Å²) in [5.41, 5.74) is 8.63. The van der Waals surface area contributed by atoms with Gasteiger partial charge in [-0.25, -0.2) is 19.4 Å². The largest absolute Gasteiger partial charge is 0.463 e. The predicted octanol–water partition coefficient (Wildman–Crippen LogP) is 0.956. The first-order valence-electron chi connectivity index (χ1n) is 5.70. The van der Waals surface area contributed by atoms with E-state index in [9.17, 15) is 4.79 Å². The molecule has 0 amide bonds. The summed E-state index contributed by atoms with van der Waals surface area (Å²) in [5.74, 6) is -0.0896. The molecule has 0 bridgehead atoms. The minimum Gasteiger partial charge on any atom is -0.463 e. The van der Waals surface area contributed by atoms with E-state index in [1.165, 1.54) is 7.11 Å². The molecule has 0 radical (unpaired) electrons. The van der Waals surface area contributed by atoms with Crippen molar-refractivity contribution in [2.45, 2.75) is 20.8 Å². The maximum absolute atomic E-state index is 11.5. The van der Waals surface area contributed by atoms with Crippen LogP contribution in [-0.2, 0) is 4.74 Å². The van der Waals surface area contributed by atoms with Crippen LogP contribution in [0.1, 0.15) is 27.7 Å². The SMILES string of the molecule is COC(=O)c1nc(C)cc(-n2nc(C)c(N)c2C)n1. The third kappa shape index (κ3) is 2.26. The number of nitrogens with two attached hydrogens (primary N) is 1. The van der Waals surface area contributed by atoms with Crippen molar-refractivity contribution in [3.05, 3.63) is 29.0 Å². The molecule has 2 rings (SSSR count). The number of methoxy groups -OCH3 is 1. The summed E-state index contributed by atoms with van der Waals surface area (Å²) in [6, 6.07) is 1.73. The Labute approximate surface area is 110 Å². The number of aromatic nitrogens is 4. The second-order valence-electron chi connectivity index (χ2n) is 4.18. The first kappa shape index (κ1) is 13.0. The van der Waals surface area contributed by atoms with Crippen molar-refractivity contribution in [3.8, 4) is 5.82 Å². The molecular formula is C12H15N5O2. The quantitative estimate of drug-likeness (QED) is 0.809. The van der Waals surface area contributed by atoms with Crippen LogP contribution in [0.2, 0.25) is 0 Å². The van der Waals surface area contributed by atoms with Gasteiger partial charge in [0.05, 0.1) is 24.2 Å². The van der Waals surface area contributed by atoms with Gasteiger partial charge in [0, 0.05) is 11.8 Å². The van der Waals surface area contributed by atoms with Gasteiger partial charge in [0.1, 0.15) is 0 Å². The lowest BCUT2D eigenvalue weighted by Crippen LogP contribution is -2.12. The normalized spacial score (nSPS) is 10.5. The Morgan fingerprint density at radius 1 is 1.32 bits per heavy atom. The molecule has 7 heteroatoms. The maximum atomic E-state index is 11.5. The van der Waals surface area contributed by atoms with E-state index < -0.39 is 5.97 Å². The van der Waals surface area contributed by atoms with E-state index in [4.69, 9.17) is 5.73 Å². The highest BCUT2D eigenvalue weighted by atomic mass is 16.5. The molecule has 0 atom stereocenters. The molecule has 2 N–H and O–H groups in total. The van der Waals surface area contributed by atoms with Gasteiger partial charge in [-0.2, -0.15) is 5.10 Å². The minimum absolute atomic E-state index is 0.00336. The van der Waals surface area contributed by atoms with Crippen LogP contribution in [0, 0.1) is 20.8 Å². The standard InChI is InChI=1S/C12H15N5O2/c1-6-5-9(15-11(14-6)12(18)19-4)17-8(3)10(13)7(2)16-17/h5H,13H2,1-4H3. The molecule has 19 heavy (non-hydrogen) atoms. The fourth-order valence-corrected chi connectivity index (χ4v) is 1.72. The van der Waals surface area contributed by atoms with Gasteiger partial charge in [-0.05, 0) is 20.8 Å². The van der Waals surface area contributed by atoms with Crippen LogP contribution >= 0.6 is 0 Å². The summed E-state index contributed by atoms with van der Waals surface area (Å²) in [7, 11) is 1.29. The zero-order chi connectivity index (χ0) is 14.2. The Bertz CT molecular complexity index is 648. The Morgan fingerprint density at radius 2 is 2.00 bits per heavy atom. The van der Waals surface area contributed by atoms with Crippen molar-refractivity contribution in [1.29, 1.82) is 0 Å². The van der Waals surface area contributed by atoms with Crippen molar-refractivity contribution < 1.29 is 9.53 Å². The first-order chi connectivity index (χ1) is 8.93. The molecule has 0 saturated carbocycles. The molecule has 0 unspecified atom stereocenters. The third-order valence-electron chi connectivity index (χ3n) is 2.77. The fourth-order valence-electron chi connectivity index (χ4n) is 1.72.